The predicted molar refractivity (Wildman–Crippen MR) is 155 cm³/mol. The summed E-state index contributed by atoms with van der Waals surface area (Å²) < 4.78 is 52.5. The van der Waals surface area contributed by atoms with Crippen molar-refractivity contribution in [2.24, 2.45) is 5.92 Å². The van der Waals surface area contributed by atoms with Gasteiger partial charge in [0.2, 0.25) is 10.0 Å². The van der Waals surface area contributed by atoms with Gasteiger partial charge in [-0.3, -0.25) is 9.69 Å². The van der Waals surface area contributed by atoms with Gasteiger partial charge in [0.05, 0.1) is 11.4 Å². The summed E-state index contributed by atoms with van der Waals surface area (Å²) in [5.74, 6) is -0.824. The van der Waals surface area contributed by atoms with Crippen LogP contribution in [0.15, 0.2) is 53.4 Å². The molecule has 0 atom stereocenters. The summed E-state index contributed by atoms with van der Waals surface area (Å²) in [6.45, 7) is 7.41. The summed E-state index contributed by atoms with van der Waals surface area (Å²) in [6.07, 6.45) is 1.00. The van der Waals surface area contributed by atoms with E-state index >= 15 is 0 Å². The largest absolute Gasteiger partial charge is 0.444 e. The Morgan fingerprint density at radius 1 is 0.977 bits per heavy atom. The third-order valence-electron chi connectivity index (χ3n) is 8.26. The number of piperidine rings is 2. The van der Waals surface area contributed by atoms with Crippen molar-refractivity contribution in [2.75, 3.05) is 32.7 Å². The van der Waals surface area contributed by atoms with Crippen molar-refractivity contribution in [3.05, 3.63) is 65.5 Å². The fraction of sp³-hybridized carbons (Fsp3) is 0.516. The molecule has 43 heavy (non-hydrogen) atoms. The molecule has 10 nitrogen and oxygen atoms in total. The molecular weight excluding hydrogens is 577 g/mol. The molecule has 1 spiro atoms. The monoisotopic (exact) mass is 615 g/mol. The zero-order chi connectivity index (χ0) is 31.0. The first-order valence-electron chi connectivity index (χ1n) is 14.6. The van der Waals surface area contributed by atoms with E-state index < -0.39 is 33.1 Å². The quantitative estimate of drug-likeness (QED) is 0.428. The SMILES string of the molecule is CC(C)(C)OC(=O)N1CCC2(CC1)CN(Cc1ccc(S(=O)(=O)N3CCC(C(=O)c4ccc(F)cc4)CC3)cc1)C(=O)O2. The number of carbonyl (C=O) groups is 3. The van der Waals surface area contributed by atoms with Gasteiger partial charge in [-0.1, -0.05) is 12.1 Å². The molecule has 0 aromatic heterocycles. The van der Waals surface area contributed by atoms with Crippen molar-refractivity contribution < 1.29 is 36.7 Å². The zero-order valence-corrected chi connectivity index (χ0v) is 25.6. The molecule has 0 radical (unpaired) electrons. The summed E-state index contributed by atoms with van der Waals surface area (Å²) >= 11 is 0. The topological polar surface area (TPSA) is 114 Å². The number of amides is 2. The van der Waals surface area contributed by atoms with Gasteiger partial charge in [-0.15, -0.1) is 0 Å². The highest BCUT2D eigenvalue weighted by Gasteiger charge is 2.48. The molecule has 3 heterocycles. The number of hydrogen-bond acceptors (Lipinski definition) is 7. The van der Waals surface area contributed by atoms with Gasteiger partial charge in [0.1, 0.15) is 17.0 Å². The third-order valence-corrected chi connectivity index (χ3v) is 10.2. The van der Waals surface area contributed by atoms with Gasteiger partial charge < -0.3 is 14.4 Å². The molecule has 5 rings (SSSR count). The number of ketones is 1. The Bertz CT molecular complexity index is 1460. The van der Waals surface area contributed by atoms with E-state index in [1.165, 1.54) is 40.7 Å². The lowest BCUT2D eigenvalue weighted by molar-refractivity contribution is -0.0170. The second kappa shape index (κ2) is 11.9. The lowest BCUT2D eigenvalue weighted by atomic mass is 9.90. The minimum atomic E-state index is -3.76. The number of ether oxygens (including phenoxy) is 2. The molecule has 3 saturated heterocycles. The standard InChI is InChI=1S/C31H38FN3O7S/c1-30(2,3)41-28(37)33-18-14-31(15-19-33)21-34(29(38)42-31)20-22-4-10-26(11-5-22)43(39,40)35-16-12-24(13-17-35)27(36)23-6-8-25(32)9-7-23/h4-11,24H,12-21H2,1-3H3. The molecule has 3 aliphatic heterocycles. The number of rotatable bonds is 6. The normalized spacial score (nSPS) is 19.9. The van der Waals surface area contributed by atoms with Crippen LogP contribution in [0.3, 0.4) is 0 Å². The Kier molecular flexibility index (Phi) is 8.54. The number of likely N-dealkylation sites (tertiary alicyclic amines) is 1. The maximum atomic E-state index is 13.3. The number of benzene rings is 2. The molecule has 0 bridgehead atoms. The molecule has 3 aliphatic rings. The van der Waals surface area contributed by atoms with Crippen molar-refractivity contribution in [3.63, 3.8) is 0 Å². The van der Waals surface area contributed by atoms with E-state index in [1.807, 2.05) is 20.8 Å². The van der Waals surface area contributed by atoms with Crippen molar-refractivity contribution in [3.8, 4) is 0 Å². The summed E-state index contributed by atoms with van der Waals surface area (Å²) in [6, 6.07) is 11.9. The van der Waals surface area contributed by atoms with Crippen LogP contribution in [0.2, 0.25) is 0 Å². The van der Waals surface area contributed by atoms with Gasteiger partial charge in [-0.05, 0) is 75.6 Å². The number of halogens is 1. The van der Waals surface area contributed by atoms with Gasteiger partial charge in [-0.25, -0.2) is 22.4 Å². The van der Waals surface area contributed by atoms with Crippen molar-refractivity contribution in [1.82, 2.24) is 14.1 Å². The number of nitrogens with zero attached hydrogens (tertiary/aromatic N) is 3. The Morgan fingerprint density at radius 3 is 2.16 bits per heavy atom. The average molecular weight is 616 g/mol. The van der Waals surface area contributed by atoms with Gasteiger partial charge in [-0.2, -0.15) is 4.31 Å². The van der Waals surface area contributed by atoms with Crippen LogP contribution in [0.5, 0.6) is 0 Å². The minimum absolute atomic E-state index is 0.0998. The van der Waals surface area contributed by atoms with Crippen LogP contribution in [0.25, 0.3) is 0 Å². The highest BCUT2D eigenvalue weighted by Crippen LogP contribution is 2.35. The summed E-state index contributed by atoms with van der Waals surface area (Å²) in [5, 5.41) is 0. The molecule has 2 amide bonds. The van der Waals surface area contributed by atoms with Crippen LogP contribution in [-0.2, 0) is 26.0 Å². The first-order valence-corrected chi connectivity index (χ1v) is 16.0. The molecule has 2 aromatic rings. The minimum Gasteiger partial charge on any atom is -0.444 e. The fourth-order valence-electron chi connectivity index (χ4n) is 5.84. The Hall–Kier alpha value is -3.51. The first-order chi connectivity index (χ1) is 20.2. The van der Waals surface area contributed by atoms with Crippen LogP contribution >= 0.6 is 0 Å². The Morgan fingerprint density at radius 2 is 1.58 bits per heavy atom. The number of sulfonamides is 1. The molecule has 2 aromatic carbocycles. The van der Waals surface area contributed by atoms with Crippen molar-refractivity contribution in [1.29, 1.82) is 0 Å². The van der Waals surface area contributed by atoms with Crippen LogP contribution in [0.4, 0.5) is 14.0 Å². The summed E-state index contributed by atoms with van der Waals surface area (Å²) in [5.41, 5.74) is -0.0512. The van der Waals surface area contributed by atoms with Crippen molar-refractivity contribution >= 4 is 28.0 Å². The van der Waals surface area contributed by atoms with E-state index in [0.29, 0.717) is 50.9 Å². The Labute approximate surface area is 251 Å². The molecule has 0 N–H and O–H groups in total. The van der Waals surface area contributed by atoms with E-state index in [4.69, 9.17) is 9.47 Å². The summed E-state index contributed by atoms with van der Waals surface area (Å²) in [7, 11) is -3.76. The molecule has 232 valence electrons. The fourth-order valence-corrected chi connectivity index (χ4v) is 7.31. The molecule has 3 fully saturated rings. The van der Waals surface area contributed by atoms with E-state index in [0.717, 1.165) is 5.56 Å². The lowest BCUT2D eigenvalue weighted by Crippen LogP contribution is -2.49. The average Bonchev–Trinajstić information content (AvgIpc) is 3.26. The van der Waals surface area contributed by atoms with Crippen LogP contribution in [-0.4, -0.2) is 84.4 Å². The van der Waals surface area contributed by atoms with E-state index in [1.54, 1.807) is 21.9 Å². The van der Waals surface area contributed by atoms with Gasteiger partial charge in [0.25, 0.3) is 0 Å². The number of carbonyl (C=O) groups excluding carboxylic acids is 3. The lowest BCUT2D eigenvalue weighted by Gasteiger charge is -2.37. The highest BCUT2D eigenvalue weighted by molar-refractivity contribution is 7.89. The van der Waals surface area contributed by atoms with Gasteiger partial charge in [0, 0.05) is 57.0 Å². The van der Waals surface area contributed by atoms with E-state index in [9.17, 15) is 27.2 Å². The Balaban J connectivity index is 1.14. The molecule has 0 unspecified atom stereocenters. The van der Waals surface area contributed by atoms with Gasteiger partial charge >= 0.3 is 12.2 Å². The first kappa shape index (κ1) is 30.9. The van der Waals surface area contributed by atoms with Crippen LogP contribution < -0.4 is 0 Å². The molecule has 0 saturated carbocycles. The maximum absolute atomic E-state index is 13.3. The van der Waals surface area contributed by atoms with Crippen LogP contribution in [0.1, 0.15) is 62.4 Å². The van der Waals surface area contributed by atoms with Crippen LogP contribution in [0, 0.1) is 11.7 Å². The third kappa shape index (κ3) is 7.01. The van der Waals surface area contributed by atoms with Crippen molar-refractivity contribution in [2.45, 2.75) is 69.1 Å². The number of Topliss-reactive ketones (excluding diaryl/α,β-unsaturated/α-hetero) is 1. The smallest absolute Gasteiger partial charge is 0.410 e. The second-order valence-corrected chi connectivity index (χ2v) is 14.5. The van der Waals surface area contributed by atoms with E-state index in [2.05, 4.69) is 0 Å². The molecule has 12 heteroatoms. The highest BCUT2D eigenvalue weighted by atomic mass is 32.2. The molecular formula is C31H38FN3O7S. The second-order valence-electron chi connectivity index (χ2n) is 12.6. The summed E-state index contributed by atoms with van der Waals surface area (Å²) in [4.78, 5) is 41.3. The van der Waals surface area contributed by atoms with Gasteiger partial charge in [0.15, 0.2) is 5.78 Å². The predicted octanol–water partition coefficient (Wildman–Crippen LogP) is 4.83. The van der Waals surface area contributed by atoms with E-state index in [-0.39, 0.29) is 42.3 Å². The zero-order valence-electron chi connectivity index (χ0n) is 24.8. The maximum Gasteiger partial charge on any atom is 0.410 e. The number of hydrogen-bond donors (Lipinski definition) is 0. The molecule has 0 aliphatic carbocycles.